The number of phosphoric acid groups is 1. The number of phosphoric ester groups is 1. The number of amides is 1. The lowest BCUT2D eigenvalue weighted by Gasteiger charge is -2.20. The van der Waals surface area contributed by atoms with E-state index >= 15 is 0 Å². The zero-order valence-electron chi connectivity index (χ0n) is 19.0. The molecule has 0 aliphatic rings. The van der Waals surface area contributed by atoms with Gasteiger partial charge >= 0.3 is 7.82 Å². The first kappa shape index (κ1) is 28.6. The van der Waals surface area contributed by atoms with E-state index in [0.29, 0.717) is 18.8 Å². The van der Waals surface area contributed by atoms with Gasteiger partial charge < -0.3 is 15.1 Å². The van der Waals surface area contributed by atoms with Gasteiger partial charge in [0.2, 0.25) is 5.91 Å². The average molecular weight is 436 g/mol. The van der Waals surface area contributed by atoms with Gasteiger partial charge in [0.15, 0.2) is 0 Å². The number of hydrogen-bond donors (Lipinski definition) is 3. The van der Waals surface area contributed by atoms with Crippen molar-refractivity contribution in [2.75, 3.05) is 6.61 Å². The van der Waals surface area contributed by atoms with E-state index in [0.717, 1.165) is 12.8 Å². The number of hydrogen-bond acceptors (Lipinski definition) is 3. The first-order valence-corrected chi connectivity index (χ1v) is 13.3. The molecule has 6 nitrogen and oxygen atoms in total. The molecule has 0 aliphatic heterocycles. The molecule has 1 atom stereocenters. The number of unbranched alkanes of at least 4 members (excludes halogenated alkanes) is 12. The molecule has 0 aromatic rings. The summed E-state index contributed by atoms with van der Waals surface area (Å²) >= 11 is 0. The van der Waals surface area contributed by atoms with Crippen LogP contribution in [0, 0.1) is 5.92 Å². The Morgan fingerprint density at radius 3 is 1.72 bits per heavy atom. The van der Waals surface area contributed by atoms with Crippen molar-refractivity contribution in [1.82, 2.24) is 5.32 Å². The highest BCUT2D eigenvalue weighted by Gasteiger charge is 2.20. The first-order valence-electron chi connectivity index (χ1n) is 11.7. The fourth-order valence-corrected chi connectivity index (χ4v) is 3.90. The molecule has 3 N–H and O–H groups in total. The Bertz CT molecular complexity index is 439. The van der Waals surface area contributed by atoms with Gasteiger partial charge in [-0.1, -0.05) is 97.8 Å². The van der Waals surface area contributed by atoms with E-state index in [1.807, 2.05) is 13.8 Å². The van der Waals surface area contributed by atoms with E-state index in [1.54, 1.807) is 0 Å². The van der Waals surface area contributed by atoms with Gasteiger partial charge in [0.1, 0.15) is 0 Å². The molecule has 29 heavy (non-hydrogen) atoms. The molecule has 0 aliphatic carbocycles. The minimum atomic E-state index is -4.51. The molecule has 0 radical (unpaired) electrons. The lowest BCUT2D eigenvalue weighted by atomic mass is 10.0. The molecule has 0 rings (SSSR count). The topological polar surface area (TPSA) is 95.9 Å². The van der Waals surface area contributed by atoms with Crippen LogP contribution >= 0.6 is 7.82 Å². The van der Waals surface area contributed by atoms with Crippen molar-refractivity contribution in [2.45, 2.75) is 123 Å². The first-order chi connectivity index (χ1) is 13.7. The number of carbonyl (C=O) groups excluding carboxylic acids is 1. The van der Waals surface area contributed by atoms with Crippen LogP contribution in [0.5, 0.6) is 0 Å². The maximum Gasteiger partial charge on any atom is 0.469 e. The highest BCUT2D eigenvalue weighted by Crippen LogP contribution is 2.36. The van der Waals surface area contributed by atoms with Crippen LogP contribution in [-0.2, 0) is 13.9 Å². The maximum atomic E-state index is 12.1. The highest BCUT2D eigenvalue weighted by molar-refractivity contribution is 7.46. The van der Waals surface area contributed by atoms with Crippen LogP contribution in [0.15, 0.2) is 0 Å². The summed E-state index contributed by atoms with van der Waals surface area (Å²) in [5, 5.41) is 2.86. The van der Waals surface area contributed by atoms with Gasteiger partial charge in [0, 0.05) is 6.42 Å². The van der Waals surface area contributed by atoms with E-state index in [2.05, 4.69) is 16.8 Å². The van der Waals surface area contributed by atoms with Crippen LogP contribution in [0.3, 0.4) is 0 Å². The molecule has 174 valence electrons. The molecule has 0 aromatic heterocycles. The van der Waals surface area contributed by atoms with Crippen molar-refractivity contribution in [1.29, 1.82) is 0 Å². The summed E-state index contributed by atoms with van der Waals surface area (Å²) in [7, 11) is -4.51. The molecular formula is C22H46NO5P. The number of rotatable bonds is 20. The van der Waals surface area contributed by atoms with E-state index in [-0.39, 0.29) is 18.6 Å². The quantitative estimate of drug-likeness (QED) is 0.158. The van der Waals surface area contributed by atoms with Crippen molar-refractivity contribution in [3.8, 4) is 0 Å². The predicted molar refractivity (Wildman–Crippen MR) is 120 cm³/mol. The summed E-state index contributed by atoms with van der Waals surface area (Å²) in [5.41, 5.74) is 0. The normalized spacial score (nSPS) is 13.0. The second kappa shape index (κ2) is 18.4. The molecule has 0 bridgehead atoms. The van der Waals surface area contributed by atoms with Crippen molar-refractivity contribution in [2.24, 2.45) is 5.92 Å². The van der Waals surface area contributed by atoms with Gasteiger partial charge in [-0.3, -0.25) is 9.32 Å². The Balaban J connectivity index is 3.66. The van der Waals surface area contributed by atoms with Crippen LogP contribution < -0.4 is 5.32 Å². The lowest BCUT2D eigenvalue weighted by molar-refractivity contribution is -0.122. The van der Waals surface area contributed by atoms with Crippen LogP contribution in [0.1, 0.15) is 117 Å². The van der Waals surface area contributed by atoms with Crippen LogP contribution in [-0.4, -0.2) is 28.3 Å². The Morgan fingerprint density at radius 2 is 1.31 bits per heavy atom. The standard InChI is InChI=1S/C22H46NO5P/c1-4-5-6-7-8-9-10-11-12-13-14-15-16-17-22(24)23-21(18-20(2)3)19-28-29(25,26)27/h20-21H,4-19H2,1-3H3,(H,23,24)(H2,25,26,27)/t21-/m1/s1. The summed E-state index contributed by atoms with van der Waals surface area (Å²) in [6.45, 7) is 6.10. The maximum absolute atomic E-state index is 12.1. The minimum absolute atomic E-state index is 0.0620. The van der Waals surface area contributed by atoms with E-state index in [9.17, 15) is 9.36 Å². The molecular weight excluding hydrogens is 389 g/mol. The molecule has 7 heteroatoms. The second-order valence-electron chi connectivity index (χ2n) is 8.67. The van der Waals surface area contributed by atoms with Gasteiger partial charge in [-0.15, -0.1) is 0 Å². The van der Waals surface area contributed by atoms with Crippen molar-refractivity contribution in [3.05, 3.63) is 0 Å². The third-order valence-electron chi connectivity index (χ3n) is 5.07. The molecule has 0 aromatic carbocycles. The molecule has 0 spiro atoms. The zero-order valence-corrected chi connectivity index (χ0v) is 19.9. The van der Waals surface area contributed by atoms with Gasteiger partial charge in [-0.25, -0.2) is 4.57 Å². The van der Waals surface area contributed by atoms with Crippen LogP contribution in [0.25, 0.3) is 0 Å². The molecule has 0 fully saturated rings. The fraction of sp³-hybridized carbons (Fsp3) is 0.955. The Morgan fingerprint density at radius 1 is 0.862 bits per heavy atom. The minimum Gasteiger partial charge on any atom is -0.351 e. The lowest BCUT2D eigenvalue weighted by Crippen LogP contribution is -2.38. The fourth-order valence-electron chi connectivity index (χ4n) is 3.53. The van der Waals surface area contributed by atoms with Crippen LogP contribution in [0.2, 0.25) is 0 Å². The molecule has 0 saturated carbocycles. The zero-order chi connectivity index (χ0) is 22.0. The Kier molecular flexibility index (Phi) is 18.1. The van der Waals surface area contributed by atoms with Crippen molar-refractivity contribution < 1.29 is 23.7 Å². The summed E-state index contributed by atoms with van der Waals surface area (Å²) in [6, 6.07) is -0.364. The summed E-state index contributed by atoms with van der Waals surface area (Å²) in [5.74, 6) is 0.241. The molecule has 1 amide bonds. The Labute approximate surface area is 178 Å². The molecule has 0 saturated heterocycles. The third kappa shape index (κ3) is 22.1. The smallest absolute Gasteiger partial charge is 0.351 e. The number of nitrogens with one attached hydrogen (secondary N) is 1. The largest absolute Gasteiger partial charge is 0.469 e. The van der Waals surface area contributed by atoms with Gasteiger partial charge in [0.25, 0.3) is 0 Å². The van der Waals surface area contributed by atoms with Crippen molar-refractivity contribution >= 4 is 13.7 Å². The monoisotopic (exact) mass is 435 g/mol. The Hall–Kier alpha value is -0.420. The molecule has 0 unspecified atom stereocenters. The average Bonchev–Trinajstić information content (AvgIpc) is 2.62. The highest BCUT2D eigenvalue weighted by atomic mass is 31.2. The van der Waals surface area contributed by atoms with E-state index < -0.39 is 7.82 Å². The van der Waals surface area contributed by atoms with E-state index in [1.165, 1.54) is 70.6 Å². The predicted octanol–water partition coefficient (Wildman–Crippen LogP) is 6.11. The van der Waals surface area contributed by atoms with Crippen LogP contribution in [0.4, 0.5) is 0 Å². The second-order valence-corrected chi connectivity index (χ2v) is 9.91. The van der Waals surface area contributed by atoms with Gasteiger partial charge in [-0.05, 0) is 18.8 Å². The third-order valence-corrected chi connectivity index (χ3v) is 5.56. The summed E-state index contributed by atoms with van der Waals surface area (Å²) in [4.78, 5) is 29.8. The van der Waals surface area contributed by atoms with Gasteiger partial charge in [-0.2, -0.15) is 0 Å². The summed E-state index contributed by atoms with van der Waals surface area (Å²) < 4.78 is 15.4. The SMILES string of the molecule is CCCCCCCCCCCCCCCC(=O)N[C@@H](COP(=O)(O)O)CC(C)C. The molecule has 0 heterocycles. The number of carbonyl (C=O) groups is 1. The van der Waals surface area contributed by atoms with Crippen molar-refractivity contribution in [3.63, 3.8) is 0 Å². The van der Waals surface area contributed by atoms with E-state index in [4.69, 9.17) is 9.79 Å². The summed E-state index contributed by atoms with van der Waals surface area (Å²) in [6.07, 6.45) is 17.6. The van der Waals surface area contributed by atoms with Gasteiger partial charge in [0.05, 0.1) is 12.6 Å².